The van der Waals surface area contributed by atoms with Gasteiger partial charge in [-0.3, -0.25) is 0 Å². The average Bonchev–Trinajstić information content (AvgIpc) is 2.38. The summed E-state index contributed by atoms with van der Waals surface area (Å²) in [5.74, 6) is 0.755. The lowest BCUT2D eigenvalue weighted by Crippen LogP contribution is -1.95. The lowest BCUT2D eigenvalue weighted by molar-refractivity contribution is 0.306. The summed E-state index contributed by atoms with van der Waals surface area (Å²) in [6.07, 6.45) is 1.36. The van der Waals surface area contributed by atoms with E-state index in [1.165, 1.54) is 6.21 Å². The number of ether oxygens (including phenoxy) is 1. The predicted molar refractivity (Wildman–Crippen MR) is 71.6 cm³/mol. The first kappa shape index (κ1) is 12.5. The molecule has 0 spiro atoms. The third-order valence-corrected chi connectivity index (χ3v) is 2.62. The summed E-state index contributed by atoms with van der Waals surface area (Å²) in [4.78, 5) is 0. The Morgan fingerprint density at radius 3 is 2.61 bits per heavy atom. The summed E-state index contributed by atoms with van der Waals surface area (Å²) in [5.41, 5.74) is 1.83. The van der Waals surface area contributed by atoms with Crippen LogP contribution in [0.5, 0.6) is 5.75 Å². The molecular weight excluding hydrogens is 250 g/mol. The van der Waals surface area contributed by atoms with Gasteiger partial charge in [-0.15, -0.1) is 0 Å². The molecule has 2 aromatic rings. The molecule has 0 aliphatic rings. The van der Waals surface area contributed by atoms with Gasteiger partial charge in [-0.2, -0.15) is 0 Å². The van der Waals surface area contributed by atoms with E-state index in [-0.39, 0.29) is 0 Å². The minimum atomic E-state index is 0.466. The van der Waals surface area contributed by atoms with Crippen LogP contribution in [0, 0.1) is 0 Å². The Morgan fingerprint density at radius 2 is 1.94 bits per heavy atom. The maximum absolute atomic E-state index is 8.39. The fourth-order valence-electron chi connectivity index (χ4n) is 1.51. The summed E-state index contributed by atoms with van der Waals surface area (Å²) < 4.78 is 5.61. The van der Waals surface area contributed by atoms with Crippen LogP contribution in [0.25, 0.3) is 0 Å². The average molecular weight is 262 g/mol. The highest BCUT2D eigenvalue weighted by Gasteiger charge is 1.97. The van der Waals surface area contributed by atoms with Crippen molar-refractivity contribution >= 4 is 17.8 Å². The fourth-order valence-corrected chi connectivity index (χ4v) is 1.72. The second-order valence-electron chi connectivity index (χ2n) is 3.73. The van der Waals surface area contributed by atoms with Crippen molar-refractivity contribution in [2.75, 3.05) is 0 Å². The standard InChI is InChI=1S/C14H12ClNO2/c15-13-3-1-2-12(8-13)10-18-14-6-4-11(5-7-14)9-16-17/h1-9,17H,10H2/b16-9-. The van der Waals surface area contributed by atoms with E-state index in [1.54, 1.807) is 0 Å². The Morgan fingerprint density at radius 1 is 1.17 bits per heavy atom. The van der Waals surface area contributed by atoms with Crippen LogP contribution in [-0.2, 0) is 6.61 Å². The fraction of sp³-hybridized carbons (Fsp3) is 0.0714. The molecule has 0 aliphatic carbocycles. The van der Waals surface area contributed by atoms with Gasteiger partial charge in [0.25, 0.3) is 0 Å². The van der Waals surface area contributed by atoms with Crippen LogP contribution in [-0.4, -0.2) is 11.4 Å². The second-order valence-corrected chi connectivity index (χ2v) is 4.17. The Kier molecular flexibility index (Phi) is 4.20. The lowest BCUT2D eigenvalue weighted by atomic mass is 10.2. The summed E-state index contributed by atoms with van der Waals surface area (Å²) in [5, 5.41) is 12.1. The van der Waals surface area contributed by atoms with E-state index in [0.717, 1.165) is 16.9 Å². The predicted octanol–water partition coefficient (Wildman–Crippen LogP) is 3.73. The SMILES string of the molecule is O/N=C\c1ccc(OCc2cccc(Cl)c2)cc1. The molecule has 0 bridgehead atoms. The van der Waals surface area contributed by atoms with Crippen LogP contribution in [0.1, 0.15) is 11.1 Å². The molecule has 92 valence electrons. The monoisotopic (exact) mass is 261 g/mol. The topological polar surface area (TPSA) is 41.8 Å². The van der Waals surface area contributed by atoms with Crippen LogP contribution in [0.2, 0.25) is 5.02 Å². The van der Waals surface area contributed by atoms with Gasteiger partial charge in [-0.1, -0.05) is 28.9 Å². The highest BCUT2D eigenvalue weighted by Crippen LogP contribution is 2.15. The quantitative estimate of drug-likeness (QED) is 0.518. The minimum absolute atomic E-state index is 0.466. The minimum Gasteiger partial charge on any atom is -0.489 e. The highest BCUT2D eigenvalue weighted by molar-refractivity contribution is 6.30. The van der Waals surface area contributed by atoms with E-state index in [4.69, 9.17) is 21.5 Å². The number of rotatable bonds is 4. The third-order valence-electron chi connectivity index (χ3n) is 2.38. The van der Waals surface area contributed by atoms with E-state index in [2.05, 4.69) is 5.16 Å². The van der Waals surface area contributed by atoms with Crippen molar-refractivity contribution in [2.24, 2.45) is 5.16 Å². The van der Waals surface area contributed by atoms with E-state index >= 15 is 0 Å². The normalized spacial score (nSPS) is 10.7. The smallest absolute Gasteiger partial charge is 0.119 e. The first-order chi connectivity index (χ1) is 8.78. The zero-order chi connectivity index (χ0) is 12.8. The molecule has 4 heteroatoms. The van der Waals surface area contributed by atoms with Crippen molar-refractivity contribution in [1.29, 1.82) is 0 Å². The number of hydrogen-bond acceptors (Lipinski definition) is 3. The van der Waals surface area contributed by atoms with Crippen LogP contribution in [0.4, 0.5) is 0 Å². The molecule has 0 amide bonds. The van der Waals surface area contributed by atoms with Crippen LogP contribution in [0.15, 0.2) is 53.7 Å². The molecule has 0 saturated heterocycles. The van der Waals surface area contributed by atoms with Gasteiger partial charge in [0.1, 0.15) is 12.4 Å². The molecule has 0 unspecified atom stereocenters. The first-order valence-electron chi connectivity index (χ1n) is 5.42. The van der Waals surface area contributed by atoms with Gasteiger partial charge in [-0.25, -0.2) is 0 Å². The number of hydrogen-bond donors (Lipinski definition) is 1. The lowest BCUT2D eigenvalue weighted by Gasteiger charge is -2.06. The molecular formula is C14H12ClNO2. The summed E-state index contributed by atoms with van der Waals surface area (Å²) in [6, 6.07) is 14.8. The summed E-state index contributed by atoms with van der Waals surface area (Å²) in [7, 11) is 0. The molecule has 0 fully saturated rings. The van der Waals surface area contributed by atoms with Crippen molar-refractivity contribution in [3.63, 3.8) is 0 Å². The Hall–Kier alpha value is -2.00. The van der Waals surface area contributed by atoms with Crippen LogP contribution >= 0.6 is 11.6 Å². The molecule has 0 atom stereocenters. The van der Waals surface area contributed by atoms with Gasteiger partial charge in [0.05, 0.1) is 6.21 Å². The van der Waals surface area contributed by atoms with Crippen molar-refractivity contribution in [2.45, 2.75) is 6.61 Å². The molecule has 0 aromatic heterocycles. The zero-order valence-electron chi connectivity index (χ0n) is 9.58. The third kappa shape index (κ3) is 3.50. The first-order valence-corrected chi connectivity index (χ1v) is 5.80. The largest absolute Gasteiger partial charge is 0.489 e. The van der Waals surface area contributed by atoms with Crippen molar-refractivity contribution in [3.8, 4) is 5.75 Å². The van der Waals surface area contributed by atoms with Gasteiger partial charge in [-0.05, 0) is 47.5 Å². The number of benzene rings is 2. The van der Waals surface area contributed by atoms with E-state index in [0.29, 0.717) is 11.6 Å². The number of nitrogens with zero attached hydrogens (tertiary/aromatic N) is 1. The van der Waals surface area contributed by atoms with Gasteiger partial charge in [0, 0.05) is 5.02 Å². The van der Waals surface area contributed by atoms with Gasteiger partial charge < -0.3 is 9.94 Å². The summed E-state index contributed by atoms with van der Waals surface area (Å²) in [6.45, 7) is 0.466. The van der Waals surface area contributed by atoms with E-state index < -0.39 is 0 Å². The molecule has 3 nitrogen and oxygen atoms in total. The molecule has 1 N–H and O–H groups in total. The van der Waals surface area contributed by atoms with Gasteiger partial charge in [0.15, 0.2) is 0 Å². The Balaban J connectivity index is 1.98. The molecule has 0 heterocycles. The van der Waals surface area contributed by atoms with Crippen molar-refractivity contribution in [1.82, 2.24) is 0 Å². The van der Waals surface area contributed by atoms with Gasteiger partial charge >= 0.3 is 0 Å². The Bertz CT molecular complexity index is 538. The van der Waals surface area contributed by atoms with Crippen LogP contribution in [0.3, 0.4) is 0 Å². The zero-order valence-corrected chi connectivity index (χ0v) is 10.3. The second kappa shape index (κ2) is 6.07. The van der Waals surface area contributed by atoms with Crippen LogP contribution < -0.4 is 4.74 Å². The number of halogens is 1. The molecule has 0 saturated carbocycles. The molecule has 18 heavy (non-hydrogen) atoms. The highest BCUT2D eigenvalue weighted by atomic mass is 35.5. The number of oxime groups is 1. The molecule has 0 radical (unpaired) electrons. The van der Waals surface area contributed by atoms with E-state index in [9.17, 15) is 0 Å². The maximum atomic E-state index is 8.39. The Labute approximate surface area is 110 Å². The maximum Gasteiger partial charge on any atom is 0.119 e. The molecule has 2 aromatic carbocycles. The van der Waals surface area contributed by atoms with Crippen molar-refractivity contribution in [3.05, 3.63) is 64.7 Å². The van der Waals surface area contributed by atoms with Gasteiger partial charge in [0.2, 0.25) is 0 Å². The van der Waals surface area contributed by atoms with E-state index in [1.807, 2.05) is 48.5 Å². The molecule has 2 rings (SSSR count). The molecule has 0 aliphatic heterocycles. The summed E-state index contributed by atoms with van der Waals surface area (Å²) >= 11 is 5.89. The van der Waals surface area contributed by atoms with Crippen molar-refractivity contribution < 1.29 is 9.94 Å².